The van der Waals surface area contributed by atoms with Crippen LogP contribution in [0.25, 0.3) is 0 Å². The van der Waals surface area contributed by atoms with Crippen molar-refractivity contribution in [1.82, 2.24) is 0 Å². The maximum absolute atomic E-state index is 6.15. The quantitative estimate of drug-likeness (QED) is 0.876. The van der Waals surface area contributed by atoms with E-state index in [9.17, 15) is 0 Å². The van der Waals surface area contributed by atoms with Gasteiger partial charge in [0.25, 0.3) is 0 Å². The van der Waals surface area contributed by atoms with Gasteiger partial charge in [0.05, 0.1) is 13.2 Å². The van der Waals surface area contributed by atoms with E-state index in [0.29, 0.717) is 6.61 Å². The van der Waals surface area contributed by atoms with Gasteiger partial charge < -0.3 is 15.2 Å². The van der Waals surface area contributed by atoms with Crippen LogP contribution in [0.5, 0.6) is 11.5 Å². The molecule has 0 aliphatic rings. The molecule has 0 saturated heterocycles. The van der Waals surface area contributed by atoms with Crippen LogP contribution in [0, 0.1) is 0 Å². The van der Waals surface area contributed by atoms with Crippen molar-refractivity contribution < 1.29 is 9.47 Å². The van der Waals surface area contributed by atoms with E-state index >= 15 is 0 Å². The van der Waals surface area contributed by atoms with Gasteiger partial charge in [0.15, 0.2) is 0 Å². The van der Waals surface area contributed by atoms with E-state index in [4.69, 9.17) is 15.2 Å². The summed E-state index contributed by atoms with van der Waals surface area (Å²) in [6.07, 6.45) is 1.04. The van der Waals surface area contributed by atoms with Crippen LogP contribution in [0.1, 0.15) is 24.1 Å². The molecule has 3 heteroatoms. The lowest BCUT2D eigenvalue weighted by atomic mass is 10.1. The molecule has 2 rings (SSSR count). The van der Waals surface area contributed by atoms with Gasteiger partial charge in [-0.1, -0.05) is 37.3 Å². The fourth-order valence-corrected chi connectivity index (χ4v) is 1.97. The van der Waals surface area contributed by atoms with Crippen LogP contribution in [-0.2, 0) is 6.42 Å². The smallest absolute Gasteiger partial charge is 0.123 e. The second-order valence-electron chi connectivity index (χ2n) is 4.69. The van der Waals surface area contributed by atoms with Gasteiger partial charge in [-0.15, -0.1) is 0 Å². The van der Waals surface area contributed by atoms with E-state index in [2.05, 4.69) is 31.2 Å². The first-order valence-corrected chi connectivity index (χ1v) is 6.84. The molecule has 0 amide bonds. The van der Waals surface area contributed by atoms with Crippen molar-refractivity contribution in [2.24, 2.45) is 5.73 Å². The Morgan fingerprint density at radius 3 is 2.40 bits per heavy atom. The number of methoxy groups -OCH3 is 1. The number of rotatable bonds is 6. The molecule has 3 nitrogen and oxygen atoms in total. The standard InChI is InChI=1S/C17H21NO2/c1-3-13-7-9-14(10-8-13)17(18)12-20-16-6-4-5-15(11-16)19-2/h4-11,17H,3,12,18H2,1-2H3. The lowest BCUT2D eigenvalue weighted by molar-refractivity contribution is 0.289. The van der Waals surface area contributed by atoms with Gasteiger partial charge in [0, 0.05) is 6.07 Å². The van der Waals surface area contributed by atoms with Gasteiger partial charge in [-0.25, -0.2) is 0 Å². The first-order chi connectivity index (χ1) is 9.72. The van der Waals surface area contributed by atoms with E-state index in [1.807, 2.05) is 24.3 Å². The summed E-state index contributed by atoms with van der Waals surface area (Å²) in [6, 6.07) is 15.8. The van der Waals surface area contributed by atoms with E-state index in [1.165, 1.54) is 5.56 Å². The Bertz CT molecular complexity index is 537. The van der Waals surface area contributed by atoms with Crippen LogP contribution in [-0.4, -0.2) is 13.7 Å². The zero-order valence-electron chi connectivity index (χ0n) is 12.0. The largest absolute Gasteiger partial charge is 0.497 e. The fourth-order valence-electron chi connectivity index (χ4n) is 1.97. The molecular weight excluding hydrogens is 250 g/mol. The molecule has 0 radical (unpaired) electrons. The first kappa shape index (κ1) is 14.4. The molecule has 2 N–H and O–H groups in total. The van der Waals surface area contributed by atoms with Gasteiger partial charge in [0.2, 0.25) is 0 Å². The van der Waals surface area contributed by atoms with E-state index in [1.54, 1.807) is 7.11 Å². The van der Waals surface area contributed by atoms with E-state index in [0.717, 1.165) is 23.5 Å². The Morgan fingerprint density at radius 1 is 1.05 bits per heavy atom. The average Bonchev–Trinajstić information content (AvgIpc) is 2.53. The highest BCUT2D eigenvalue weighted by Gasteiger charge is 2.07. The SMILES string of the molecule is CCc1ccc(C(N)COc2cccc(OC)c2)cc1. The second-order valence-corrected chi connectivity index (χ2v) is 4.69. The summed E-state index contributed by atoms with van der Waals surface area (Å²) in [5.41, 5.74) is 8.55. The van der Waals surface area contributed by atoms with Gasteiger partial charge in [-0.2, -0.15) is 0 Å². The summed E-state index contributed by atoms with van der Waals surface area (Å²) in [5, 5.41) is 0. The molecule has 0 spiro atoms. The van der Waals surface area contributed by atoms with Crippen molar-refractivity contribution in [3.63, 3.8) is 0 Å². The predicted octanol–water partition coefficient (Wildman–Crippen LogP) is 3.34. The molecule has 20 heavy (non-hydrogen) atoms. The third-order valence-electron chi connectivity index (χ3n) is 3.29. The lowest BCUT2D eigenvalue weighted by Gasteiger charge is -2.14. The molecule has 1 atom stereocenters. The van der Waals surface area contributed by atoms with Crippen LogP contribution in [0.3, 0.4) is 0 Å². The topological polar surface area (TPSA) is 44.5 Å². The van der Waals surface area contributed by atoms with Gasteiger partial charge in [-0.3, -0.25) is 0 Å². The summed E-state index contributed by atoms with van der Waals surface area (Å²) in [4.78, 5) is 0. The van der Waals surface area contributed by atoms with Crippen LogP contribution < -0.4 is 15.2 Å². The van der Waals surface area contributed by atoms with Crippen molar-refractivity contribution in [3.05, 3.63) is 59.7 Å². The Kier molecular flexibility index (Phi) is 5.02. The number of hydrogen-bond donors (Lipinski definition) is 1. The maximum Gasteiger partial charge on any atom is 0.123 e. The second kappa shape index (κ2) is 6.96. The summed E-state index contributed by atoms with van der Waals surface area (Å²) in [5.74, 6) is 1.55. The van der Waals surface area contributed by atoms with E-state index in [-0.39, 0.29) is 6.04 Å². The molecule has 2 aromatic rings. The van der Waals surface area contributed by atoms with Crippen molar-refractivity contribution in [3.8, 4) is 11.5 Å². The summed E-state index contributed by atoms with van der Waals surface area (Å²) >= 11 is 0. The van der Waals surface area contributed by atoms with Crippen LogP contribution in [0.2, 0.25) is 0 Å². The maximum atomic E-state index is 6.15. The van der Waals surface area contributed by atoms with Crippen LogP contribution in [0.15, 0.2) is 48.5 Å². The minimum Gasteiger partial charge on any atom is -0.497 e. The molecule has 0 saturated carbocycles. The molecule has 2 aromatic carbocycles. The summed E-state index contributed by atoms with van der Waals surface area (Å²) in [6.45, 7) is 2.58. The first-order valence-electron chi connectivity index (χ1n) is 6.84. The summed E-state index contributed by atoms with van der Waals surface area (Å²) < 4.78 is 10.9. The number of aryl methyl sites for hydroxylation is 1. The molecule has 1 unspecified atom stereocenters. The fraction of sp³-hybridized carbons (Fsp3) is 0.294. The zero-order chi connectivity index (χ0) is 14.4. The number of benzene rings is 2. The third-order valence-corrected chi connectivity index (χ3v) is 3.29. The molecule has 0 aliphatic heterocycles. The molecule has 0 aromatic heterocycles. The Labute approximate surface area is 120 Å². The van der Waals surface area contributed by atoms with Gasteiger partial charge in [-0.05, 0) is 29.7 Å². The van der Waals surface area contributed by atoms with Crippen molar-refractivity contribution in [2.45, 2.75) is 19.4 Å². The Balaban J connectivity index is 1.95. The van der Waals surface area contributed by atoms with Crippen molar-refractivity contribution >= 4 is 0 Å². The summed E-state index contributed by atoms with van der Waals surface area (Å²) in [7, 11) is 1.64. The molecule has 0 fully saturated rings. The third kappa shape index (κ3) is 3.75. The minimum absolute atomic E-state index is 0.132. The Morgan fingerprint density at radius 2 is 1.75 bits per heavy atom. The number of hydrogen-bond acceptors (Lipinski definition) is 3. The highest BCUT2D eigenvalue weighted by Crippen LogP contribution is 2.20. The highest BCUT2D eigenvalue weighted by molar-refractivity contribution is 5.33. The normalized spacial score (nSPS) is 11.9. The van der Waals surface area contributed by atoms with Crippen molar-refractivity contribution in [2.75, 3.05) is 13.7 Å². The van der Waals surface area contributed by atoms with E-state index < -0.39 is 0 Å². The lowest BCUT2D eigenvalue weighted by Crippen LogP contribution is -2.19. The zero-order valence-corrected chi connectivity index (χ0v) is 12.0. The predicted molar refractivity (Wildman–Crippen MR) is 81.2 cm³/mol. The molecule has 0 bridgehead atoms. The number of nitrogens with two attached hydrogens (primary N) is 1. The monoisotopic (exact) mass is 271 g/mol. The highest BCUT2D eigenvalue weighted by atomic mass is 16.5. The van der Waals surface area contributed by atoms with Crippen molar-refractivity contribution in [1.29, 1.82) is 0 Å². The van der Waals surface area contributed by atoms with Gasteiger partial charge in [0.1, 0.15) is 18.1 Å². The average molecular weight is 271 g/mol. The Hall–Kier alpha value is -2.00. The van der Waals surface area contributed by atoms with Crippen LogP contribution >= 0.6 is 0 Å². The van der Waals surface area contributed by atoms with Gasteiger partial charge >= 0.3 is 0 Å². The number of ether oxygens (including phenoxy) is 2. The molecule has 0 heterocycles. The van der Waals surface area contributed by atoms with Crippen LogP contribution in [0.4, 0.5) is 0 Å². The minimum atomic E-state index is -0.132. The molecule has 106 valence electrons. The molecular formula is C17H21NO2. The molecule has 0 aliphatic carbocycles.